The summed E-state index contributed by atoms with van der Waals surface area (Å²) in [6, 6.07) is 7.52. The highest BCUT2D eigenvalue weighted by atomic mass is 79.9. The third-order valence-electron chi connectivity index (χ3n) is 2.20. The summed E-state index contributed by atoms with van der Waals surface area (Å²) in [4.78, 5) is 11.2. The Morgan fingerprint density at radius 1 is 1.47 bits per heavy atom. The molecule has 1 unspecified atom stereocenters. The quantitative estimate of drug-likeness (QED) is 0.672. The van der Waals surface area contributed by atoms with Gasteiger partial charge in [-0.2, -0.15) is 0 Å². The van der Waals surface area contributed by atoms with Crippen LogP contribution in [-0.4, -0.2) is 11.1 Å². The van der Waals surface area contributed by atoms with Crippen molar-refractivity contribution in [3.05, 3.63) is 41.5 Å². The number of alkyl halides is 1. The van der Waals surface area contributed by atoms with E-state index in [1.807, 2.05) is 31.2 Å². The van der Waals surface area contributed by atoms with E-state index in [4.69, 9.17) is 5.11 Å². The molecule has 0 radical (unpaired) electrons. The lowest BCUT2D eigenvalue weighted by Crippen LogP contribution is -2.02. The zero-order chi connectivity index (χ0) is 11.4. The van der Waals surface area contributed by atoms with Crippen molar-refractivity contribution in [2.45, 2.75) is 18.7 Å². The molecule has 0 amide bonds. The Hall–Kier alpha value is -1.09. The van der Waals surface area contributed by atoms with Gasteiger partial charge in [-0.15, -0.1) is 0 Å². The second kappa shape index (κ2) is 5.12. The standard InChI is InChI=1S/C12H13BrO2/c1-3-9(12(14)15)11-7-5-4-6-10(11)8(2)13/h3-8H,1-2H3,(H,14,15)/b9-3+. The Bertz CT molecular complexity index is 394. The van der Waals surface area contributed by atoms with Crippen LogP contribution >= 0.6 is 15.9 Å². The minimum atomic E-state index is -0.891. The third kappa shape index (κ3) is 2.69. The van der Waals surface area contributed by atoms with E-state index >= 15 is 0 Å². The lowest BCUT2D eigenvalue weighted by atomic mass is 9.98. The second-order valence-corrected chi connectivity index (χ2v) is 4.58. The van der Waals surface area contributed by atoms with Crippen LogP contribution in [0.2, 0.25) is 0 Å². The molecule has 0 bridgehead atoms. The van der Waals surface area contributed by atoms with Crippen molar-refractivity contribution in [2.75, 3.05) is 0 Å². The minimum absolute atomic E-state index is 0.142. The van der Waals surface area contributed by atoms with E-state index < -0.39 is 5.97 Å². The Kier molecular flexibility index (Phi) is 4.09. The van der Waals surface area contributed by atoms with Gasteiger partial charge in [0.25, 0.3) is 0 Å². The van der Waals surface area contributed by atoms with Crippen molar-refractivity contribution in [2.24, 2.45) is 0 Å². The smallest absolute Gasteiger partial charge is 0.335 e. The molecule has 0 fully saturated rings. The van der Waals surface area contributed by atoms with Crippen LogP contribution in [0.3, 0.4) is 0 Å². The third-order valence-corrected chi connectivity index (χ3v) is 2.69. The second-order valence-electron chi connectivity index (χ2n) is 3.21. The summed E-state index contributed by atoms with van der Waals surface area (Å²) in [6.07, 6.45) is 1.62. The Labute approximate surface area is 97.8 Å². The van der Waals surface area contributed by atoms with Gasteiger partial charge in [-0.05, 0) is 25.0 Å². The van der Waals surface area contributed by atoms with Crippen LogP contribution in [0.4, 0.5) is 0 Å². The van der Waals surface area contributed by atoms with E-state index in [1.165, 1.54) is 0 Å². The summed E-state index contributed by atoms with van der Waals surface area (Å²) in [5.74, 6) is -0.891. The molecule has 1 atom stereocenters. The fourth-order valence-corrected chi connectivity index (χ4v) is 1.88. The van der Waals surface area contributed by atoms with E-state index in [2.05, 4.69) is 15.9 Å². The van der Waals surface area contributed by atoms with Crippen molar-refractivity contribution in [1.29, 1.82) is 0 Å². The first-order chi connectivity index (χ1) is 7.07. The predicted molar refractivity (Wildman–Crippen MR) is 65.1 cm³/mol. The number of hydrogen-bond donors (Lipinski definition) is 1. The van der Waals surface area contributed by atoms with Crippen LogP contribution in [0.5, 0.6) is 0 Å². The summed E-state index contributed by atoms with van der Waals surface area (Å²) in [6.45, 7) is 3.72. The van der Waals surface area contributed by atoms with Crippen LogP contribution in [0.15, 0.2) is 30.3 Å². The van der Waals surface area contributed by atoms with Crippen LogP contribution in [0.25, 0.3) is 5.57 Å². The fourth-order valence-electron chi connectivity index (χ4n) is 1.48. The van der Waals surface area contributed by atoms with Crippen LogP contribution in [0.1, 0.15) is 29.8 Å². The molecule has 15 heavy (non-hydrogen) atoms. The van der Waals surface area contributed by atoms with Crippen molar-refractivity contribution in [3.8, 4) is 0 Å². The number of rotatable bonds is 3. The van der Waals surface area contributed by atoms with E-state index in [0.29, 0.717) is 5.57 Å². The zero-order valence-corrected chi connectivity index (χ0v) is 10.3. The van der Waals surface area contributed by atoms with E-state index in [1.54, 1.807) is 13.0 Å². The van der Waals surface area contributed by atoms with Gasteiger partial charge in [-0.1, -0.05) is 46.3 Å². The molecule has 0 aliphatic carbocycles. The Morgan fingerprint density at radius 2 is 2.07 bits per heavy atom. The molecule has 0 saturated heterocycles. The first kappa shape index (κ1) is 12.0. The Balaban J connectivity index is 3.30. The van der Waals surface area contributed by atoms with E-state index in [0.717, 1.165) is 11.1 Å². The first-order valence-corrected chi connectivity index (χ1v) is 5.62. The molecule has 2 nitrogen and oxygen atoms in total. The van der Waals surface area contributed by atoms with Crippen molar-refractivity contribution in [1.82, 2.24) is 0 Å². The first-order valence-electron chi connectivity index (χ1n) is 4.71. The average molecular weight is 269 g/mol. The Morgan fingerprint density at radius 3 is 2.53 bits per heavy atom. The SMILES string of the molecule is C/C=C(/C(=O)O)c1ccccc1C(C)Br. The predicted octanol–water partition coefficient (Wildman–Crippen LogP) is 3.63. The fraction of sp³-hybridized carbons (Fsp3) is 0.250. The molecule has 1 N–H and O–H groups in total. The zero-order valence-electron chi connectivity index (χ0n) is 8.70. The minimum Gasteiger partial charge on any atom is -0.478 e. The van der Waals surface area contributed by atoms with Crippen molar-refractivity contribution >= 4 is 27.5 Å². The molecule has 0 aliphatic rings. The monoisotopic (exact) mass is 268 g/mol. The van der Waals surface area contributed by atoms with Gasteiger partial charge in [0.15, 0.2) is 0 Å². The molecule has 1 aromatic carbocycles. The molecule has 0 spiro atoms. The maximum Gasteiger partial charge on any atom is 0.335 e. The largest absolute Gasteiger partial charge is 0.478 e. The van der Waals surface area contributed by atoms with Gasteiger partial charge in [-0.25, -0.2) is 4.79 Å². The lowest BCUT2D eigenvalue weighted by molar-refractivity contribution is -0.130. The van der Waals surface area contributed by atoms with Gasteiger partial charge in [0.2, 0.25) is 0 Å². The molecule has 0 aromatic heterocycles. The average Bonchev–Trinajstić information content (AvgIpc) is 2.18. The van der Waals surface area contributed by atoms with Gasteiger partial charge in [0.05, 0.1) is 5.57 Å². The number of carboxylic acids is 1. The maximum absolute atomic E-state index is 11.0. The van der Waals surface area contributed by atoms with Crippen LogP contribution in [0, 0.1) is 0 Å². The van der Waals surface area contributed by atoms with Gasteiger partial charge in [0, 0.05) is 4.83 Å². The van der Waals surface area contributed by atoms with Crippen molar-refractivity contribution in [3.63, 3.8) is 0 Å². The van der Waals surface area contributed by atoms with Gasteiger partial charge in [0.1, 0.15) is 0 Å². The lowest BCUT2D eigenvalue weighted by Gasteiger charge is -2.11. The number of allylic oxidation sites excluding steroid dienone is 1. The summed E-state index contributed by atoms with van der Waals surface area (Å²) in [7, 11) is 0. The molecule has 0 saturated carbocycles. The summed E-state index contributed by atoms with van der Waals surface area (Å²) >= 11 is 3.46. The highest BCUT2D eigenvalue weighted by Gasteiger charge is 2.14. The number of carbonyl (C=O) groups is 1. The number of aliphatic carboxylic acids is 1. The number of halogens is 1. The molecule has 3 heteroatoms. The molecule has 1 aromatic rings. The summed E-state index contributed by atoms with van der Waals surface area (Å²) in [5, 5.41) is 9.05. The molecule has 0 heterocycles. The number of benzene rings is 1. The summed E-state index contributed by atoms with van der Waals surface area (Å²) in [5.41, 5.74) is 2.11. The maximum atomic E-state index is 11.0. The van der Waals surface area contributed by atoms with Gasteiger partial charge in [-0.3, -0.25) is 0 Å². The topological polar surface area (TPSA) is 37.3 Å². The van der Waals surface area contributed by atoms with Crippen LogP contribution in [-0.2, 0) is 4.79 Å². The molecule has 1 rings (SSSR count). The van der Waals surface area contributed by atoms with Crippen molar-refractivity contribution < 1.29 is 9.90 Å². The molecule has 80 valence electrons. The van der Waals surface area contributed by atoms with E-state index in [9.17, 15) is 4.79 Å². The van der Waals surface area contributed by atoms with Crippen LogP contribution < -0.4 is 0 Å². The van der Waals surface area contributed by atoms with Gasteiger partial charge >= 0.3 is 5.97 Å². The molecule has 0 aliphatic heterocycles. The number of hydrogen-bond acceptors (Lipinski definition) is 1. The van der Waals surface area contributed by atoms with E-state index in [-0.39, 0.29) is 4.83 Å². The molecular formula is C12H13BrO2. The van der Waals surface area contributed by atoms with Gasteiger partial charge < -0.3 is 5.11 Å². The highest BCUT2D eigenvalue weighted by molar-refractivity contribution is 9.09. The number of carboxylic acid groups (broad SMARTS) is 1. The normalized spacial score (nSPS) is 13.7. The highest BCUT2D eigenvalue weighted by Crippen LogP contribution is 2.29. The summed E-state index contributed by atoms with van der Waals surface area (Å²) < 4.78 is 0. The molecular weight excluding hydrogens is 256 g/mol.